The van der Waals surface area contributed by atoms with Crippen LogP contribution < -0.4 is 10.9 Å². The van der Waals surface area contributed by atoms with Crippen molar-refractivity contribution in [1.82, 2.24) is 14.9 Å². The van der Waals surface area contributed by atoms with Crippen molar-refractivity contribution in [2.75, 3.05) is 0 Å². The van der Waals surface area contributed by atoms with Gasteiger partial charge in [0.2, 0.25) is 5.91 Å². The summed E-state index contributed by atoms with van der Waals surface area (Å²) in [6.07, 6.45) is 1.42. The second-order valence-electron chi connectivity index (χ2n) is 5.34. The van der Waals surface area contributed by atoms with Gasteiger partial charge in [-0.1, -0.05) is 37.6 Å². The Morgan fingerprint density at radius 1 is 1.32 bits per heavy atom. The molecule has 1 heterocycles. The third-order valence-corrected chi connectivity index (χ3v) is 3.46. The monoisotopic (exact) mass is 319 g/mol. The van der Waals surface area contributed by atoms with Crippen LogP contribution in [-0.2, 0) is 17.9 Å². The molecule has 0 aliphatic rings. The van der Waals surface area contributed by atoms with Crippen LogP contribution in [0.15, 0.2) is 41.5 Å². The highest BCUT2D eigenvalue weighted by molar-refractivity contribution is 6.30. The number of carbonyl (C=O) groups excluding carboxylic acids is 1. The molecule has 6 heteroatoms. The largest absolute Gasteiger partial charge is 0.350 e. The summed E-state index contributed by atoms with van der Waals surface area (Å²) in [6.45, 7) is 4.27. The summed E-state index contributed by atoms with van der Waals surface area (Å²) in [5.74, 6) is -0.0581. The topological polar surface area (TPSA) is 64.0 Å². The Balaban J connectivity index is 1.94. The predicted octanol–water partition coefficient (Wildman–Crippen LogP) is 2.34. The fraction of sp³-hybridized carbons (Fsp3) is 0.312. The van der Waals surface area contributed by atoms with Crippen LogP contribution in [-0.4, -0.2) is 15.5 Å². The second kappa shape index (κ2) is 7.22. The first-order valence-corrected chi connectivity index (χ1v) is 7.41. The highest BCUT2D eigenvalue weighted by Gasteiger charge is 2.07. The van der Waals surface area contributed by atoms with E-state index in [1.54, 1.807) is 12.1 Å². The lowest BCUT2D eigenvalue weighted by Gasteiger charge is -2.09. The van der Waals surface area contributed by atoms with E-state index in [1.807, 2.05) is 26.0 Å². The van der Waals surface area contributed by atoms with Crippen LogP contribution in [0.25, 0.3) is 0 Å². The quantitative estimate of drug-likeness (QED) is 0.920. The molecule has 5 nitrogen and oxygen atoms in total. The second-order valence-corrected chi connectivity index (χ2v) is 5.77. The summed E-state index contributed by atoms with van der Waals surface area (Å²) in [4.78, 5) is 28.0. The van der Waals surface area contributed by atoms with E-state index in [0.717, 1.165) is 11.3 Å². The maximum Gasteiger partial charge on any atom is 0.254 e. The maximum atomic E-state index is 11.9. The van der Waals surface area contributed by atoms with Gasteiger partial charge in [0, 0.05) is 17.6 Å². The van der Waals surface area contributed by atoms with Crippen molar-refractivity contribution in [1.29, 1.82) is 0 Å². The van der Waals surface area contributed by atoms with Gasteiger partial charge in [-0.3, -0.25) is 14.2 Å². The van der Waals surface area contributed by atoms with Crippen molar-refractivity contribution >= 4 is 17.5 Å². The van der Waals surface area contributed by atoms with Crippen molar-refractivity contribution < 1.29 is 4.79 Å². The number of carbonyl (C=O) groups is 1. The molecule has 1 amide bonds. The molecule has 0 atom stereocenters. The van der Waals surface area contributed by atoms with Crippen LogP contribution in [0.1, 0.15) is 31.0 Å². The minimum Gasteiger partial charge on any atom is -0.350 e. The number of benzene rings is 1. The molecule has 2 aromatic rings. The van der Waals surface area contributed by atoms with Gasteiger partial charge in [0.05, 0.1) is 12.0 Å². The number of nitrogens with one attached hydrogen (secondary N) is 1. The molecule has 0 spiro atoms. The molecule has 116 valence electrons. The van der Waals surface area contributed by atoms with Gasteiger partial charge in [-0.05, 0) is 23.6 Å². The first-order valence-electron chi connectivity index (χ1n) is 7.03. The summed E-state index contributed by atoms with van der Waals surface area (Å²) in [6, 6.07) is 8.68. The van der Waals surface area contributed by atoms with Crippen LogP contribution in [0.5, 0.6) is 0 Å². The van der Waals surface area contributed by atoms with Crippen LogP contribution in [0.4, 0.5) is 0 Å². The van der Waals surface area contributed by atoms with E-state index >= 15 is 0 Å². The van der Waals surface area contributed by atoms with Crippen molar-refractivity contribution in [3.05, 3.63) is 63.3 Å². The van der Waals surface area contributed by atoms with E-state index in [9.17, 15) is 9.59 Å². The molecule has 1 N–H and O–H groups in total. The number of hydrogen-bond donors (Lipinski definition) is 1. The molecule has 0 fully saturated rings. The molecule has 1 aromatic carbocycles. The normalized spacial score (nSPS) is 10.7. The van der Waals surface area contributed by atoms with Gasteiger partial charge in [-0.2, -0.15) is 0 Å². The molecular weight excluding hydrogens is 302 g/mol. The average molecular weight is 320 g/mol. The van der Waals surface area contributed by atoms with E-state index < -0.39 is 0 Å². The third kappa shape index (κ3) is 4.43. The zero-order valence-corrected chi connectivity index (χ0v) is 13.3. The number of nitrogens with zero attached hydrogens (tertiary/aromatic N) is 2. The molecule has 0 saturated heterocycles. The molecule has 0 aliphatic heterocycles. The molecule has 2 rings (SSSR count). The van der Waals surface area contributed by atoms with E-state index in [2.05, 4.69) is 10.3 Å². The molecule has 0 radical (unpaired) electrons. The predicted molar refractivity (Wildman–Crippen MR) is 85.9 cm³/mol. The van der Waals surface area contributed by atoms with E-state index in [0.29, 0.717) is 11.6 Å². The zero-order chi connectivity index (χ0) is 16.1. The number of rotatable bonds is 5. The average Bonchev–Trinajstić information content (AvgIpc) is 2.48. The Morgan fingerprint density at radius 3 is 2.59 bits per heavy atom. The van der Waals surface area contributed by atoms with E-state index in [4.69, 9.17) is 11.6 Å². The Labute approximate surface area is 134 Å². The Morgan fingerprint density at radius 2 is 2.00 bits per heavy atom. The molecule has 1 aromatic heterocycles. The van der Waals surface area contributed by atoms with Gasteiger partial charge in [-0.25, -0.2) is 4.98 Å². The third-order valence-electron chi connectivity index (χ3n) is 3.21. The summed E-state index contributed by atoms with van der Waals surface area (Å²) in [5.41, 5.74) is 1.45. The fourth-order valence-corrected chi connectivity index (χ4v) is 2.01. The van der Waals surface area contributed by atoms with Gasteiger partial charge in [0.1, 0.15) is 6.54 Å². The van der Waals surface area contributed by atoms with Crippen LogP contribution >= 0.6 is 11.6 Å². The minimum absolute atomic E-state index is 0.0439. The van der Waals surface area contributed by atoms with Crippen molar-refractivity contribution in [2.24, 2.45) is 0 Å². The Hall–Kier alpha value is -2.14. The molecule has 0 saturated carbocycles. The molecule has 22 heavy (non-hydrogen) atoms. The minimum atomic E-state index is -0.240. The fourth-order valence-electron chi connectivity index (χ4n) is 1.89. The van der Waals surface area contributed by atoms with Gasteiger partial charge in [-0.15, -0.1) is 0 Å². The first kappa shape index (κ1) is 16.2. The maximum absolute atomic E-state index is 11.9. The smallest absolute Gasteiger partial charge is 0.254 e. The lowest BCUT2D eigenvalue weighted by atomic mass is 10.1. The Bertz CT molecular complexity index is 708. The van der Waals surface area contributed by atoms with E-state index in [1.165, 1.54) is 17.0 Å². The Kier molecular flexibility index (Phi) is 5.33. The van der Waals surface area contributed by atoms with Gasteiger partial charge >= 0.3 is 0 Å². The van der Waals surface area contributed by atoms with Crippen molar-refractivity contribution in [3.63, 3.8) is 0 Å². The lowest BCUT2D eigenvalue weighted by molar-refractivity contribution is -0.121. The van der Waals surface area contributed by atoms with Crippen LogP contribution in [0.2, 0.25) is 5.02 Å². The molecular formula is C16H18ClN3O2. The number of halogens is 1. The lowest BCUT2D eigenvalue weighted by Crippen LogP contribution is -2.32. The molecule has 0 aliphatic carbocycles. The van der Waals surface area contributed by atoms with Gasteiger partial charge < -0.3 is 5.32 Å². The number of amides is 1. The first-order chi connectivity index (χ1) is 10.5. The SMILES string of the molecule is CC(C)c1cc(=O)n(CC(=O)NCc2ccc(Cl)cc2)cn1. The summed E-state index contributed by atoms with van der Waals surface area (Å²) < 4.78 is 1.29. The highest BCUT2D eigenvalue weighted by atomic mass is 35.5. The van der Waals surface area contributed by atoms with Gasteiger partial charge in [0.15, 0.2) is 0 Å². The zero-order valence-electron chi connectivity index (χ0n) is 12.5. The van der Waals surface area contributed by atoms with Crippen molar-refractivity contribution in [2.45, 2.75) is 32.9 Å². The van der Waals surface area contributed by atoms with Crippen LogP contribution in [0.3, 0.4) is 0 Å². The molecule has 0 unspecified atom stereocenters. The summed E-state index contributed by atoms with van der Waals surface area (Å²) in [7, 11) is 0. The number of hydrogen-bond acceptors (Lipinski definition) is 3. The highest BCUT2D eigenvalue weighted by Crippen LogP contribution is 2.09. The standard InChI is InChI=1S/C16H18ClN3O2/c1-11(2)14-7-16(22)20(10-19-14)9-15(21)18-8-12-3-5-13(17)6-4-12/h3-7,10-11H,8-9H2,1-2H3,(H,18,21). The summed E-state index contributed by atoms with van der Waals surface area (Å²) >= 11 is 5.80. The number of aromatic nitrogens is 2. The van der Waals surface area contributed by atoms with Crippen LogP contribution in [0, 0.1) is 0 Å². The van der Waals surface area contributed by atoms with Gasteiger partial charge in [0.25, 0.3) is 5.56 Å². The van der Waals surface area contributed by atoms with E-state index in [-0.39, 0.29) is 23.9 Å². The summed E-state index contributed by atoms with van der Waals surface area (Å²) in [5, 5.41) is 3.41. The van der Waals surface area contributed by atoms with Crippen molar-refractivity contribution in [3.8, 4) is 0 Å². The molecule has 0 bridgehead atoms.